The number of benzene rings is 1. The van der Waals surface area contributed by atoms with E-state index < -0.39 is 12.1 Å². The van der Waals surface area contributed by atoms with Gasteiger partial charge in [0.25, 0.3) is 5.91 Å². The van der Waals surface area contributed by atoms with E-state index in [1.54, 1.807) is 0 Å². The van der Waals surface area contributed by atoms with Crippen LogP contribution in [0.2, 0.25) is 0 Å². The summed E-state index contributed by atoms with van der Waals surface area (Å²) in [6.07, 6.45) is 1.71. The summed E-state index contributed by atoms with van der Waals surface area (Å²) in [6.45, 7) is 7.08. The van der Waals surface area contributed by atoms with Crippen molar-refractivity contribution in [2.24, 2.45) is 0 Å². The van der Waals surface area contributed by atoms with Crippen LogP contribution in [0.15, 0.2) is 36.5 Å². The zero-order chi connectivity index (χ0) is 25.0. The number of carbonyl (C=O) groups is 2. The highest BCUT2D eigenvalue weighted by atomic mass is 19.4. The van der Waals surface area contributed by atoms with E-state index in [9.17, 15) is 18.0 Å². The number of carboxylic acids is 1. The number of nitrogens with one attached hydrogen (secondary N) is 2. The van der Waals surface area contributed by atoms with Gasteiger partial charge in [-0.2, -0.15) is 13.2 Å². The number of aryl methyl sites for hydroxylation is 3. The molecule has 34 heavy (non-hydrogen) atoms. The zero-order valence-electron chi connectivity index (χ0n) is 18.9. The molecule has 0 saturated heterocycles. The van der Waals surface area contributed by atoms with Gasteiger partial charge in [-0.05, 0) is 67.3 Å². The molecule has 1 aliphatic rings. The van der Waals surface area contributed by atoms with Gasteiger partial charge in [0.05, 0.1) is 11.3 Å². The molecule has 9 heteroatoms. The van der Waals surface area contributed by atoms with Gasteiger partial charge in [0.1, 0.15) is 0 Å². The molecule has 0 unspecified atom stereocenters. The highest BCUT2D eigenvalue weighted by Gasteiger charge is 2.38. The number of rotatable bonds is 3. The number of H-pyrrole nitrogens is 1. The Balaban J connectivity index is 0.000000406. The number of alkyl halides is 3. The van der Waals surface area contributed by atoms with Gasteiger partial charge in [0, 0.05) is 36.1 Å². The number of halogens is 3. The lowest BCUT2D eigenvalue weighted by Crippen LogP contribution is -2.31. The summed E-state index contributed by atoms with van der Waals surface area (Å²) in [6, 6.07) is 10.4. The molecule has 0 atom stereocenters. The van der Waals surface area contributed by atoms with Crippen LogP contribution in [-0.4, -0.2) is 39.7 Å². The van der Waals surface area contributed by atoms with Gasteiger partial charge < -0.3 is 15.4 Å². The molecule has 3 N–H and O–H groups in total. The summed E-state index contributed by atoms with van der Waals surface area (Å²) in [7, 11) is 0. The second-order valence-electron chi connectivity index (χ2n) is 7.98. The first-order chi connectivity index (χ1) is 16.0. The van der Waals surface area contributed by atoms with Crippen LogP contribution in [0.4, 0.5) is 13.2 Å². The molecular weight excluding hydrogens is 447 g/mol. The summed E-state index contributed by atoms with van der Waals surface area (Å²) in [4.78, 5) is 28.7. The number of aromatic amines is 1. The molecule has 1 aliphatic heterocycles. The lowest BCUT2D eigenvalue weighted by Gasteiger charge is -2.10. The van der Waals surface area contributed by atoms with Crippen molar-refractivity contribution >= 4 is 24.0 Å². The number of fused-ring (bicyclic) bond motifs is 1. The summed E-state index contributed by atoms with van der Waals surface area (Å²) < 4.78 is 31.7. The van der Waals surface area contributed by atoms with E-state index in [0.29, 0.717) is 6.54 Å². The normalized spacial score (nSPS) is 13.2. The average Bonchev–Trinajstić information content (AvgIpc) is 3.21. The van der Waals surface area contributed by atoms with E-state index in [-0.39, 0.29) is 5.91 Å². The predicted molar refractivity (Wildman–Crippen MR) is 123 cm³/mol. The third-order valence-electron chi connectivity index (χ3n) is 5.46. The molecule has 4 rings (SSSR count). The average molecular weight is 471 g/mol. The fourth-order valence-corrected chi connectivity index (χ4v) is 3.49. The topological polar surface area (TPSA) is 95.1 Å². The highest BCUT2D eigenvalue weighted by Crippen LogP contribution is 2.25. The third kappa shape index (κ3) is 5.92. The number of nitrogens with zero attached hydrogens (tertiary/aromatic N) is 1. The van der Waals surface area contributed by atoms with Crippen LogP contribution in [0, 0.1) is 20.8 Å². The van der Waals surface area contributed by atoms with Gasteiger partial charge in [-0.1, -0.05) is 18.2 Å². The van der Waals surface area contributed by atoms with Crippen LogP contribution in [-0.2, 0) is 11.2 Å². The van der Waals surface area contributed by atoms with Gasteiger partial charge in [0.15, 0.2) is 0 Å². The molecule has 0 aliphatic carbocycles. The monoisotopic (exact) mass is 471 g/mol. The molecule has 1 aromatic carbocycles. The minimum Gasteiger partial charge on any atom is -0.475 e. The second kappa shape index (κ2) is 9.94. The third-order valence-corrected chi connectivity index (χ3v) is 5.46. The number of carbonyl (C=O) groups excluding carboxylic acids is 1. The Hall–Kier alpha value is -3.88. The SMILES string of the molecule is Cc1cc(C)c(C=Cc2cc(-c3cc4c([nH]3)CCNC4=O)ccn2)cc1C.O=C(O)C(F)(F)F. The fraction of sp³-hybridized carbons (Fsp3) is 0.240. The van der Waals surface area contributed by atoms with E-state index in [2.05, 4.69) is 54.3 Å². The number of carboxylic acid groups (broad SMARTS) is 1. The maximum Gasteiger partial charge on any atom is 0.490 e. The molecule has 0 spiro atoms. The maximum absolute atomic E-state index is 12.0. The molecule has 0 saturated carbocycles. The molecular formula is C25H24F3N3O3. The van der Waals surface area contributed by atoms with Crippen LogP contribution in [0.3, 0.4) is 0 Å². The Labute approximate surface area is 194 Å². The Morgan fingerprint density at radius 1 is 1.06 bits per heavy atom. The van der Waals surface area contributed by atoms with Crippen LogP contribution in [0.25, 0.3) is 23.4 Å². The van der Waals surface area contributed by atoms with E-state index in [1.807, 2.05) is 30.5 Å². The van der Waals surface area contributed by atoms with Gasteiger partial charge in [-0.25, -0.2) is 4.79 Å². The first-order valence-corrected chi connectivity index (χ1v) is 10.5. The van der Waals surface area contributed by atoms with Crippen molar-refractivity contribution in [3.05, 3.63) is 75.7 Å². The minimum absolute atomic E-state index is 0.00172. The molecule has 0 bridgehead atoms. The Kier molecular flexibility index (Phi) is 7.24. The van der Waals surface area contributed by atoms with Crippen LogP contribution in [0.5, 0.6) is 0 Å². The molecule has 178 valence electrons. The van der Waals surface area contributed by atoms with Gasteiger partial charge in [0.2, 0.25) is 0 Å². The summed E-state index contributed by atoms with van der Waals surface area (Å²) >= 11 is 0. The highest BCUT2D eigenvalue weighted by molar-refractivity contribution is 5.97. The zero-order valence-corrected chi connectivity index (χ0v) is 18.9. The van der Waals surface area contributed by atoms with Crippen LogP contribution >= 0.6 is 0 Å². The largest absolute Gasteiger partial charge is 0.490 e. The Morgan fingerprint density at radius 2 is 1.74 bits per heavy atom. The standard InChI is InChI=1S/C23H23N3O.C2HF3O2/c1-14-10-16(3)17(11-15(14)2)4-5-19-12-18(6-8-24-19)22-13-20-21(26-22)7-9-25-23(20)27;3-2(4,5)1(6)7/h4-6,8,10-13,26H,7,9H2,1-3H3,(H,25,27);(H,6,7). The molecule has 2 aromatic heterocycles. The first kappa shape index (κ1) is 24.8. The van der Waals surface area contributed by atoms with Crippen molar-refractivity contribution in [3.63, 3.8) is 0 Å². The smallest absolute Gasteiger partial charge is 0.475 e. The molecule has 3 aromatic rings. The van der Waals surface area contributed by atoms with E-state index in [4.69, 9.17) is 9.90 Å². The fourth-order valence-electron chi connectivity index (χ4n) is 3.49. The minimum atomic E-state index is -5.08. The van der Waals surface area contributed by atoms with Gasteiger partial charge in [-0.3, -0.25) is 9.78 Å². The summed E-state index contributed by atoms with van der Waals surface area (Å²) in [5, 5.41) is 10.0. The Bertz CT molecular complexity index is 1260. The van der Waals surface area contributed by atoms with E-state index in [1.165, 1.54) is 22.3 Å². The number of hydrogen-bond acceptors (Lipinski definition) is 3. The molecule has 6 nitrogen and oxygen atoms in total. The van der Waals surface area contributed by atoms with Crippen molar-refractivity contribution in [2.45, 2.75) is 33.4 Å². The second-order valence-corrected chi connectivity index (χ2v) is 7.98. The number of amides is 1. The molecule has 0 fully saturated rings. The summed E-state index contributed by atoms with van der Waals surface area (Å²) in [5.74, 6) is -2.76. The number of pyridine rings is 1. The molecule has 1 amide bonds. The van der Waals surface area contributed by atoms with Crippen molar-refractivity contribution in [1.29, 1.82) is 0 Å². The van der Waals surface area contributed by atoms with Crippen molar-refractivity contribution in [1.82, 2.24) is 15.3 Å². The lowest BCUT2D eigenvalue weighted by molar-refractivity contribution is -0.192. The quantitative estimate of drug-likeness (QED) is 0.496. The van der Waals surface area contributed by atoms with Gasteiger partial charge in [-0.15, -0.1) is 0 Å². The van der Waals surface area contributed by atoms with Crippen molar-refractivity contribution in [3.8, 4) is 11.3 Å². The van der Waals surface area contributed by atoms with E-state index in [0.717, 1.165) is 34.6 Å². The van der Waals surface area contributed by atoms with Crippen LogP contribution in [0.1, 0.15) is 44.0 Å². The number of hydrogen-bond donors (Lipinski definition) is 3. The predicted octanol–water partition coefficient (Wildman–Crippen LogP) is 5.09. The summed E-state index contributed by atoms with van der Waals surface area (Å²) in [5.41, 5.74) is 9.69. The number of aromatic nitrogens is 2. The van der Waals surface area contributed by atoms with Gasteiger partial charge >= 0.3 is 12.1 Å². The Morgan fingerprint density at radius 3 is 2.38 bits per heavy atom. The molecule has 3 heterocycles. The molecule has 0 radical (unpaired) electrons. The lowest BCUT2D eigenvalue weighted by atomic mass is 10.0. The number of aliphatic carboxylic acids is 1. The first-order valence-electron chi connectivity index (χ1n) is 10.5. The van der Waals surface area contributed by atoms with Crippen LogP contribution < -0.4 is 5.32 Å². The van der Waals surface area contributed by atoms with E-state index >= 15 is 0 Å². The van der Waals surface area contributed by atoms with Crippen molar-refractivity contribution in [2.75, 3.05) is 6.54 Å². The maximum atomic E-state index is 12.0. The van der Waals surface area contributed by atoms with Crippen molar-refractivity contribution < 1.29 is 27.9 Å².